The minimum atomic E-state index is 0.643. The highest BCUT2D eigenvalue weighted by Gasteiger charge is 2.07. The molecule has 0 bridgehead atoms. The largest absolute Gasteiger partial charge is 0.468 e. The summed E-state index contributed by atoms with van der Waals surface area (Å²) in [5.41, 5.74) is 1.16. The molecule has 1 atom stereocenters. The van der Waals surface area contributed by atoms with Crippen LogP contribution in [0.4, 0.5) is 0 Å². The van der Waals surface area contributed by atoms with Crippen molar-refractivity contribution in [1.82, 2.24) is 5.32 Å². The molecule has 0 amide bonds. The van der Waals surface area contributed by atoms with Gasteiger partial charge in [-0.05, 0) is 24.9 Å². The third-order valence-corrected chi connectivity index (χ3v) is 2.81. The molecule has 0 aliphatic carbocycles. The van der Waals surface area contributed by atoms with Crippen molar-refractivity contribution in [3.05, 3.63) is 23.7 Å². The van der Waals surface area contributed by atoms with Crippen LogP contribution >= 0.6 is 0 Å². The van der Waals surface area contributed by atoms with Crippen LogP contribution in [-0.4, -0.2) is 13.2 Å². The number of hydrogen-bond donors (Lipinski definition) is 1. The highest BCUT2D eigenvalue weighted by atomic mass is 16.5. The second-order valence-electron chi connectivity index (χ2n) is 4.56. The summed E-state index contributed by atoms with van der Waals surface area (Å²) in [5, 5.41) is 3.26. The zero-order valence-electron chi connectivity index (χ0n) is 11.3. The fraction of sp³-hybridized carbons (Fsp3) is 0.714. The molecule has 0 saturated heterocycles. The van der Waals surface area contributed by atoms with E-state index in [1.807, 2.05) is 6.07 Å². The smallest absolute Gasteiger partial charge is 0.123 e. The van der Waals surface area contributed by atoms with Gasteiger partial charge < -0.3 is 14.5 Å². The van der Waals surface area contributed by atoms with E-state index in [1.165, 1.54) is 12.8 Å². The highest BCUT2D eigenvalue weighted by molar-refractivity contribution is 5.15. The molecule has 1 N–H and O–H groups in total. The summed E-state index contributed by atoms with van der Waals surface area (Å²) < 4.78 is 11.2. The Labute approximate surface area is 105 Å². The Morgan fingerprint density at radius 2 is 2.24 bits per heavy atom. The Bertz CT molecular complexity index is 296. The predicted octanol–water partition coefficient (Wildman–Crippen LogP) is 3.34. The van der Waals surface area contributed by atoms with Gasteiger partial charge in [-0.15, -0.1) is 0 Å². The zero-order chi connectivity index (χ0) is 12.5. The molecule has 1 aromatic rings. The molecule has 0 aromatic carbocycles. The molecule has 0 spiro atoms. The van der Waals surface area contributed by atoms with Gasteiger partial charge in [-0.3, -0.25) is 0 Å². The predicted molar refractivity (Wildman–Crippen MR) is 69.8 cm³/mol. The lowest BCUT2D eigenvalue weighted by atomic mass is 10.1. The summed E-state index contributed by atoms with van der Waals surface area (Å²) in [6.45, 7) is 9.76. The summed E-state index contributed by atoms with van der Waals surface area (Å²) >= 11 is 0. The number of ether oxygens (including phenoxy) is 1. The normalized spacial score (nSPS) is 12.9. The average Bonchev–Trinajstić information content (AvgIpc) is 2.74. The molecule has 1 aromatic heterocycles. The van der Waals surface area contributed by atoms with Crippen molar-refractivity contribution < 1.29 is 9.15 Å². The van der Waals surface area contributed by atoms with Crippen molar-refractivity contribution in [3.8, 4) is 0 Å². The number of nitrogens with one attached hydrogen (secondary N) is 1. The van der Waals surface area contributed by atoms with E-state index in [2.05, 4.69) is 26.1 Å². The maximum Gasteiger partial charge on any atom is 0.123 e. The Balaban J connectivity index is 2.28. The van der Waals surface area contributed by atoms with Gasteiger partial charge in [0.2, 0.25) is 0 Å². The summed E-state index contributed by atoms with van der Waals surface area (Å²) in [4.78, 5) is 0. The molecular formula is C14H25NO2. The van der Waals surface area contributed by atoms with Crippen LogP contribution in [0.25, 0.3) is 0 Å². The topological polar surface area (TPSA) is 34.4 Å². The van der Waals surface area contributed by atoms with Crippen molar-refractivity contribution >= 4 is 0 Å². The minimum Gasteiger partial charge on any atom is -0.468 e. The molecule has 0 aliphatic heterocycles. The second-order valence-corrected chi connectivity index (χ2v) is 4.56. The molecule has 98 valence electrons. The first-order valence-corrected chi connectivity index (χ1v) is 6.61. The molecule has 0 saturated carbocycles. The van der Waals surface area contributed by atoms with E-state index in [9.17, 15) is 0 Å². The lowest BCUT2D eigenvalue weighted by Crippen LogP contribution is -2.13. The first-order valence-electron chi connectivity index (χ1n) is 6.61. The number of furan rings is 1. The average molecular weight is 239 g/mol. The second kappa shape index (κ2) is 8.31. The molecule has 0 fully saturated rings. The monoisotopic (exact) mass is 239 g/mol. The molecule has 1 heterocycles. The lowest BCUT2D eigenvalue weighted by molar-refractivity contribution is 0.0883. The van der Waals surface area contributed by atoms with Gasteiger partial charge in [-0.2, -0.15) is 0 Å². The van der Waals surface area contributed by atoms with Crippen LogP contribution in [0, 0.1) is 5.92 Å². The van der Waals surface area contributed by atoms with Crippen molar-refractivity contribution in [1.29, 1.82) is 0 Å². The summed E-state index contributed by atoms with van der Waals surface area (Å²) in [5.74, 6) is 1.64. The van der Waals surface area contributed by atoms with Crippen molar-refractivity contribution in [2.75, 3.05) is 13.2 Å². The van der Waals surface area contributed by atoms with Gasteiger partial charge in [0, 0.05) is 12.2 Å². The first kappa shape index (κ1) is 14.3. The standard InChI is InChI=1S/C14H25NO2/c1-4-6-12(3)10-16-11-13-7-8-17-14(13)9-15-5-2/h7-8,12,15H,4-6,9-11H2,1-3H3. The van der Waals surface area contributed by atoms with Gasteiger partial charge in [0.25, 0.3) is 0 Å². The Kier molecular flexibility index (Phi) is 6.97. The van der Waals surface area contributed by atoms with Gasteiger partial charge in [-0.1, -0.05) is 27.2 Å². The van der Waals surface area contributed by atoms with Crippen LogP contribution < -0.4 is 5.32 Å². The lowest BCUT2D eigenvalue weighted by Gasteiger charge is -2.10. The maximum absolute atomic E-state index is 5.73. The van der Waals surface area contributed by atoms with Crippen LogP contribution in [0.5, 0.6) is 0 Å². The van der Waals surface area contributed by atoms with E-state index in [-0.39, 0.29) is 0 Å². The zero-order valence-corrected chi connectivity index (χ0v) is 11.3. The minimum absolute atomic E-state index is 0.643. The van der Waals surface area contributed by atoms with E-state index < -0.39 is 0 Å². The third kappa shape index (κ3) is 5.37. The third-order valence-electron chi connectivity index (χ3n) is 2.81. The van der Waals surface area contributed by atoms with Crippen LogP contribution in [0.15, 0.2) is 16.7 Å². The fourth-order valence-corrected chi connectivity index (χ4v) is 1.84. The maximum atomic E-state index is 5.73. The molecule has 3 nitrogen and oxygen atoms in total. The van der Waals surface area contributed by atoms with E-state index in [0.29, 0.717) is 12.5 Å². The summed E-state index contributed by atoms with van der Waals surface area (Å²) in [6, 6.07) is 2.00. The highest BCUT2D eigenvalue weighted by Crippen LogP contribution is 2.13. The van der Waals surface area contributed by atoms with Gasteiger partial charge >= 0.3 is 0 Å². The van der Waals surface area contributed by atoms with Crippen LogP contribution in [-0.2, 0) is 17.9 Å². The van der Waals surface area contributed by atoms with E-state index in [0.717, 1.165) is 31.0 Å². The van der Waals surface area contributed by atoms with E-state index in [4.69, 9.17) is 9.15 Å². The molecule has 3 heteroatoms. The van der Waals surface area contributed by atoms with Crippen molar-refractivity contribution in [2.45, 2.75) is 46.8 Å². The quantitative estimate of drug-likeness (QED) is 0.717. The summed E-state index contributed by atoms with van der Waals surface area (Å²) in [6.07, 6.45) is 4.19. The fourth-order valence-electron chi connectivity index (χ4n) is 1.84. The van der Waals surface area contributed by atoms with Crippen molar-refractivity contribution in [2.24, 2.45) is 5.92 Å². The first-order chi connectivity index (χ1) is 8.27. The van der Waals surface area contributed by atoms with Crippen LogP contribution in [0.3, 0.4) is 0 Å². The Morgan fingerprint density at radius 3 is 2.94 bits per heavy atom. The molecule has 0 radical (unpaired) electrons. The summed E-state index contributed by atoms with van der Waals surface area (Å²) in [7, 11) is 0. The number of hydrogen-bond acceptors (Lipinski definition) is 3. The van der Waals surface area contributed by atoms with E-state index >= 15 is 0 Å². The molecule has 1 rings (SSSR count). The number of rotatable bonds is 9. The molecular weight excluding hydrogens is 214 g/mol. The van der Waals surface area contributed by atoms with E-state index in [1.54, 1.807) is 6.26 Å². The van der Waals surface area contributed by atoms with Gasteiger partial charge in [0.1, 0.15) is 5.76 Å². The van der Waals surface area contributed by atoms with Crippen molar-refractivity contribution in [3.63, 3.8) is 0 Å². The Morgan fingerprint density at radius 1 is 1.41 bits per heavy atom. The SMILES string of the molecule is CCCC(C)COCc1ccoc1CNCC. The van der Waals surface area contributed by atoms with Crippen LogP contribution in [0.1, 0.15) is 44.9 Å². The molecule has 1 unspecified atom stereocenters. The molecule has 17 heavy (non-hydrogen) atoms. The van der Waals surface area contributed by atoms with Gasteiger partial charge in [0.15, 0.2) is 0 Å². The van der Waals surface area contributed by atoms with Gasteiger partial charge in [0.05, 0.1) is 19.4 Å². The molecule has 0 aliphatic rings. The van der Waals surface area contributed by atoms with Crippen LogP contribution in [0.2, 0.25) is 0 Å². The van der Waals surface area contributed by atoms with Gasteiger partial charge in [-0.25, -0.2) is 0 Å². The Hall–Kier alpha value is -0.800.